The third-order valence-corrected chi connectivity index (χ3v) is 3.19. The van der Waals surface area contributed by atoms with Crippen LogP contribution in [0.15, 0.2) is 35.7 Å². The molecule has 0 bridgehead atoms. The maximum Gasteiger partial charge on any atom is 0.387 e. The molecule has 0 aliphatic carbocycles. The average Bonchev–Trinajstić information content (AvgIpc) is 2.84. The molecule has 1 aromatic carbocycles. The summed E-state index contributed by atoms with van der Waals surface area (Å²) in [6.45, 7) is -1.09. The van der Waals surface area contributed by atoms with Crippen LogP contribution >= 0.6 is 11.3 Å². The summed E-state index contributed by atoms with van der Waals surface area (Å²) in [6, 6.07) is 5.99. The van der Waals surface area contributed by atoms with Gasteiger partial charge in [-0.25, -0.2) is 4.98 Å². The topological polar surface area (TPSA) is 51.2 Å². The Labute approximate surface area is 124 Å². The van der Waals surface area contributed by atoms with E-state index in [1.54, 1.807) is 18.2 Å². The van der Waals surface area contributed by atoms with E-state index in [1.807, 2.05) is 12.3 Å². The van der Waals surface area contributed by atoms with Crippen LogP contribution in [0.2, 0.25) is 0 Å². The number of aromatic nitrogens is 1. The molecule has 1 heterocycles. The zero-order valence-corrected chi connectivity index (χ0v) is 11.9. The molecule has 7 heteroatoms. The van der Waals surface area contributed by atoms with Gasteiger partial charge in [0.1, 0.15) is 5.75 Å². The molecule has 4 nitrogen and oxygen atoms in total. The Kier molecular flexibility index (Phi) is 4.99. The van der Waals surface area contributed by atoms with Crippen LogP contribution in [0.25, 0.3) is 6.08 Å². The fourth-order valence-corrected chi connectivity index (χ4v) is 2.14. The highest BCUT2D eigenvalue weighted by Gasteiger charge is 2.10. The van der Waals surface area contributed by atoms with Crippen LogP contribution < -0.4 is 10.1 Å². The highest BCUT2D eigenvalue weighted by atomic mass is 32.1. The van der Waals surface area contributed by atoms with Gasteiger partial charge in [-0.1, -0.05) is 12.1 Å². The average molecular weight is 310 g/mol. The molecule has 1 aromatic heterocycles. The van der Waals surface area contributed by atoms with E-state index in [0.29, 0.717) is 5.69 Å². The third-order valence-electron chi connectivity index (χ3n) is 2.40. The van der Waals surface area contributed by atoms with Gasteiger partial charge in [0.05, 0.1) is 16.4 Å². The van der Waals surface area contributed by atoms with E-state index < -0.39 is 12.5 Å². The van der Waals surface area contributed by atoms with Crippen LogP contribution in [-0.4, -0.2) is 17.5 Å². The summed E-state index contributed by atoms with van der Waals surface area (Å²) in [5.41, 5.74) is 0.853. The smallest absolute Gasteiger partial charge is 0.387 e. The molecule has 1 amide bonds. The molecule has 2 aromatic rings. The highest BCUT2D eigenvalue weighted by molar-refractivity contribution is 7.09. The predicted octanol–water partition coefficient (Wildman–Crippen LogP) is 3.70. The van der Waals surface area contributed by atoms with E-state index in [1.165, 1.54) is 29.5 Å². The first kappa shape index (κ1) is 15.1. The number of halogens is 2. The summed E-state index contributed by atoms with van der Waals surface area (Å²) in [5, 5.41) is 5.19. The second-order valence-corrected chi connectivity index (χ2v) is 5.05. The summed E-state index contributed by atoms with van der Waals surface area (Å²) in [5.74, 6) is -0.537. The van der Waals surface area contributed by atoms with Crippen molar-refractivity contribution in [3.05, 3.63) is 46.4 Å². The number of aryl methyl sites for hydroxylation is 1. The van der Waals surface area contributed by atoms with Crippen molar-refractivity contribution in [3.8, 4) is 5.75 Å². The van der Waals surface area contributed by atoms with Crippen molar-refractivity contribution in [2.24, 2.45) is 0 Å². The normalized spacial score (nSPS) is 11.0. The first-order chi connectivity index (χ1) is 10.0. The molecular weight excluding hydrogens is 298 g/mol. The van der Waals surface area contributed by atoms with Gasteiger partial charge in [-0.2, -0.15) is 8.78 Å². The molecule has 0 unspecified atom stereocenters. The van der Waals surface area contributed by atoms with Crippen LogP contribution in [0.4, 0.5) is 14.5 Å². The number of amides is 1. The Hall–Kier alpha value is -2.28. The fourth-order valence-electron chi connectivity index (χ4n) is 1.56. The van der Waals surface area contributed by atoms with E-state index in [4.69, 9.17) is 0 Å². The lowest BCUT2D eigenvalue weighted by Gasteiger charge is -2.10. The van der Waals surface area contributed by atoms with Crippen molar-refractivity contribution < 1.29 is 18.3 Å². The van der Waals surface area contributed by atoms with Crippen molar-refractivity contribution in [2.45, 2.75) is 13.5 Å². The number of nitrogens with one attached hydrogen (secondary N) is 1. The molecule has 0 spiro atoms. The lowest BCUT2D eigenvalue weighted by Crippen LogP contribution is -2.11. The number of nitrogens with zero attached hydrogens (tertiary/aromatic N) is 1. The summed E-state index contributed by atoms with van der Waals surface area (Å²) < 4.78 is 28.8. The third kappa shape index (κ3) is 4.64. The Balaban J connectivity index is 2.04. The Morgan fingerprint density at radius 2 is 2.19 bits per heavy atom. The molecular formula is C14H12F2N2O2S. The van der Waals surface area contributed by atoms with E-state index in [0.717, 1.165) is 5.01 Å². The van der Waals surface area contributed by atoms with Gasteiger partial charge in [-0.05, 0) is 25.1 Å². The molecule has 0 aliphatic heterocycles. The quantitative estimate of drug-likeness (QED) is 0.857. The zero-order valence-electron chi connectivity index (χ0n) is 11.0. The van der Waals surface area contributed by atoms with Gasteiger partial charge in [0, 0.05) is 11.5 Å². The van der Waals surface area contributed by atoms with Gasteiger partial charge in [0.25, 0.3) is 0 Å². The maximum absolute atomic E-state index is 12.3. The lowest BCUT2D eigenvalue weighted by atomic mass is 10.3. The number of benzene rings is 1. The standard InChI is InChI=1S/C14H12F2N2O2S/c1-9-17-10(8-21-9)6-7-13(19)18-11-4-2-3-5-12(11)20-14(15)16/h2-8,14H,1H3,(H,18,19)/b7-6+. The first-order valence-electron chi connectivity index (χ1n) is 5.99. The first-order valence-corrected chi connectivity index (χ1v) is 6.87. The van der Waals surface area contributed by atoms with E-state index >= 15 is 0 Å². The van der Waals surface area contributed by atoms with E-state index in [2.05, 4.69) is 15.0 Å². The van der Waals surface area contributed by atoms with Crippen LogP contribution in [0, 0.1) is 6.92 Å². The maximum atomic E-state index is 12.3. The van der Waals surface area contributed by atoms with Crippen molar-refractivity contribution in [1.29, 1.82) is 0 Å². The second-order valence-electron chi connectivity index (χ2n) is 3.99. The molecule has 0 saturated heterocycles. The predicted molar refractivity (Wildman–Crippen MR) is 77.6 cm³/mol. The number of para-hydroxylation sites is 2. The molecule has 2 rings (SSSR count). The molecule has 0 saturated carbocycles. The fraction of sp³-hybridized carbons (Fsp3) is 0.143. The number of hydrogen-bond acceptors (Lipinski definition) is 4. The number of hydrogen-bond donors (Lipinski definition) is 1. The number of carbonyl (C=O) groups is 1. The largest absolute Gasteiger partial charge is 0.433 e. The van der Waals surface area contributed by atoms with Gasteiger partial charge in [0.15, 0.2) is 0 Å². The van der Waals surface area contributed by atoms with Crippen molar-refractivity contribution in [1.82, 2.24) is 4.98 Å². The van der Waals surface area contributed by atoms with E-state index in [-0.39, 0.29) is 11.4 Å². The monoisotopic (exact) mass is 310 g/mol. The molecule has 21 heavy (non-hydrogen) atoms. The molecule has 0 aliphatic rings. The van der Waals surface area contributed by atoms with Gasteiger partial charge in [-0.3, -0.25) is 4.79 Å². The van der Waals surface area contributed by atoms with Gasteiger partial charge in [-0.15, -0.1) is 11.3 Å². The number of anilines is 1. The van der Waals surface area contributed by atoms with Crippen molar-refractivity contribution in [2.75, 3.05) is 5.32 Å². The highest BCUT2D eigenvalue weighted by Crippen LogP contribution is 2.25. The van der Waals surface area contributed by atoms with Gasteiger partial charge in [0.2, 0.25) is 5.91 Å². The van der Waals surface area contributed by atoms with Crippen LogP contribution in [0.1, 0.15) is 10.7 Å². The minimum Gasteiger partial charge on any atom is -0.433 e. The van der Waals surface area contributed by atoms with Gasteiger partial charge >= 0.3 is 6.61 Å². The zero-order chi connectivity index (χ0) is 15.2. The van der Waals surface area contributed by atoms with Crippen LogP contribution in [0.5, 0.6) is 5.75 Å². The minimum absolute atomic E-state index is 0.0845. The number of rotatable bonds is 5. The Bertz CT molecular complexity index is 656. The summed E-state index contributed by atoms with van der Waals surface area (Å²) in [7, 11) is 0. The molecule has 0 fully saturated rings. The second kappa shape index (κ2) is 6.94. The molecule has 0 radical (unpaired) electrons. The summed E-state index contributed by atoms with van der Waals surface area (Å²) in [6.07, 6.45) is 2.84. The van der Waals surface area contributed by atoms with Crippen molar-refractivity contribution in [3.63, 3.8) is 0 Å². The molecule has 0 atom stereocenters. The van der Waals surface area contributed by atoms with Crippen molar-refractivity contribution >= 4 is 29.0 Å². The Morgan fingerprint density at radius 1 is 1.43 bits per heavy atom. The molecule has 110 valence electrons. The minimum atomic E-state index is -2.95. The summed E-state index contributed by atoms with van der Waals surface area (Å²) >= 11 is 1.47. The number of thiazole rings is 1. The van der Waals surface area contributed by atoms with Gasteiger partial charge < -0.3 is 10.1 Å². The SMILES string of the molecule is Cc1nc(/C=C/C(=O)Nc2ccccc2OC(F)F)cs1. The number of ether oxygens (including phenoxy) is 1. The Morgan fingerprint density at radius 3 is 2.86 bits per heavy atom. The molecule has 1 N–H and O–H groups in total. The van der Waals surface area contributed by atoms with Crippen LogP contribution in [0.3, 0.4) is 0 Å². The number of carbonyl (C=O) groups excluding carboxylic acids is 1. The van der Waals surface area contributed by atoms with E-state index in [9.17, 15) is 13.6 Å². The van der Waals surface area contributed by atoms with Crippen LogP contribution in [-0.2, 0) is 4.79 Å². The number of alkyl halides is 2. The lowest BCUT2D eigenvalue weighted by molar-refractivity contribution is -0.111. The summed E-state index contributed by atoms with van der Waals surface area (Å²) in [4.78, 5) is 15.9.